The van der Waals surface area contributed by atoms with Crippen LogP contribution >= 0.6 is 0 Å². The SMILES string of the molecule is CCCCCCCN(C/C(C)=C/c1ccccc1)C(=O)c1cc(C)cc(C)c1. The minimum atomic E-state index is 0.142. The Balaban J connectivity index is 2.13. The summed E-state index contributed by atoms with van der Waals surface area (Å²) in [5.74, 6) is 0.142. The van der Waals surface area contributed by atoms with E-state index in [0.29, 0.717) is 6.54 Å². The highest BCUT2D eigenvalue weighted by atomic mass is 16.2. The van der Waals surface area contributed by atoms with Crippen LogP contribution in [0.15, 0.2) is 54.1 Å². The minimum absolute atomic E-state index is 0.142. The molecule has 0 radical (unpaired) electrons. The van der Waals surface area contributed by atoms with Gasteiger partial charge in [-0.3, -0.25) is 4.79 Å². The molecule has 0 unspecified atom stereocenters. The number of hydrogen-bond acceptors (Lipinski definition) is 1. The lowest BCUT2D eigenvalue weighted by Crippen LogP contribution is -2.33. The van der Waals surface area contributed by atoms with E-state index in [1.54, 1.807) is 0 Å². The molecule has 0 bridgehead atoms. The number of benzene rings is 2. The van der Waals surface area contributed by atoms with E-state index >= 15 is 0 Å². The maximum Gasteiger partial charge on any atom is 0.254 e. The van der Waals surface area contributed by atoms with Gasteiger partial charge in [0.15, 0.2) is 0 Å². The zero-order chi connectivity index (χ0) is 20.4. The fraction of sp³-hybridized carbons (Fsp3) is 0.423. The normalized spacial score (nSPS) is 11.5. The van der Waals surface area contributed by atoms with Gasteiger partial charge in [-0.2, -0.15) is 0 Å². The van der Waals surface area contributed by atoms with Crippen LogP contribution in [0.3, 0.4) is 0 Å². The third-order valence-corrected chi connectivity index (χ3v) is 4.94. The summed E-state index contributed by atoms with van der Waals surface area (Å²) in [5, 5.41) is 0. The molecule has 0 N–H and O–H groups in total. The second-order valence-corrected chi connectivity index (χ2v) is 7.92. The lowest BCUT2D eigenvalue weighted by molar-refractivity contribution is 0.0767. The second-order valence-electron chi connectivity index (χ2n) is 7.92. The molecule has 0 heterocycles. The van der Waals surface area contributed by atoms with Crippen molar-refractivity contribution in [2.75, 3.05) is 13.1 Å². The number of unbranched alkanes of at least 4 members (excludes halogenated alkanes) is 4. The van der Waals surface area contributed by atoms with Gasteiger partial charge >= 0.3 is 0 Å². The number of amides is 1. The van der Waals surface area contributed by atoms with Gasteiger partial charge in [-0.25, -0.2) is 0 Å². The molecule has 0 atom stereocenters. The zero-order valence-corrected chi connectivity index (χ0v) is 18.0. The van der Waals surface area contributed by atoms with E-state index in [4.69, 9.17) is 0 Å². The molecule has 0 aliphatic heterocycles. The maximum atomic E-state index is 13.3. The number of rotatable bonds is 10. The molecule has 150 valence electrons. The molecule has 0 aliphatic carbocycles. The van der Waals surface area contributed by atoms with Gasteiger partial charge < -0.3 is 4.90 Å². The number of aryl methyl sites for hydroxylation is 2. The van der Waals surface area contributed by atoms with Gasteiger partial charge in [0, 0.05) is 18.7 Å². The average Bonchev–Trinajstić information content (AvgIpc) is 2.66. The second kappa shape index (κ2) is 11.5. The van der Waals surface area contributed by atoms with E-state index in [0.717, 1.165) is 29.7 Å². The lowest BCUT2D eigenvalue weighted by atomic mass is 10.1. The van der Waals surface area contributed by atoms with E-state index in [2.05, 4.69) is 52.0 Å². The number of carbonyl (C=O) groups excluding carboxylic acids is 1. The first kappa shape index (κ1) is 21.9. The smallest absolute Gasteiger partial charge is 0.254 e. The molecule has 0 aliphatic rings. The van der Waals surface area contributed by atoms with Gasteiger partial charge in [0.05, 0.1) is 0 Å². The fourth-order valence-electron chi connectivity index (χ4n) is 3.62. The summed E-state index contributed by atoms with van der Waals surface area (Å²) >= 11 is 0. The van der Waals surface area contributed by atoms with Crippen LogP contribution in [0.5, 0.6) is 0 Å². The van der Waals surface area contributed by atoms with Crippen molar-refractivity contribution in [3.63, 3.8) is 0 Å². The van der Waals surface area contributed by atoms with Gasteiger partial charge in [-0.15, -0.1) is 0 Å². The highest BCUT2D eigenvalue weighted by molar-refractivity contribution is 5.94. The van der Waals surface area contributed by atoms with E-state index in [1.165, 1.54) is 36.8 Å². The molecule has 2 aromatic carbocycles. The Kier molecular flexibility index (Phi) is 9.00. The maximum absolute atomic E-state index is 13.3. The van der Waals surface area contributed by atoms with Crippen molar-refractivity contribution >= 4 is 12.0 Å². The van der Waals surface area contributed by atoms with Crippen LogP contribution in [0.2, 0.25) is 0 Å². The van der Waals surface area contributed by atoms with Crippen molar-refractivity contribution in [2.24, 2.45) is 0 Å². The van der Waals surface area contributed by atoms with Crippen molar-refractivity contribution in [1.82, 2.24) is 4.90 Å². The van der Waals surface area contributed by atoms with Crippen molar-refractivity contribution in [3.8, 4) is 0 Å². The number of nitrogens with zero attached hydrogens (tertiary/aromatic N) is 1. The molecule has 2 rings (SSSR count). The molecule has 0 fully saturated rings. The molecule has 0 spiro atoms. The summed E-state index contributed by atoms with van der Waals surface area (Å²) in [5.41, 5.74) is 5.48. The largest absolute Gasteiger partial charge is 0.335 e. The van der Waals surface area contributed by atoms with Crippen molar-refractivity contribution in [2.45, 2.75) is 59.8 Å². The van der Waals surface area contributed by atoms with Gasteiger partial charge in [-0.1, -0.05) is 91.8 Å². The van der Waals surface area contributed by atoms with Gasteiger partial charge in [0.25, 0.3) is 5.91 Å². The van der Waals surface area contributed by atoms with E-state index in [9.17, 15) is 4.79 Å². The van der Waals surface area contributed by atoms with Gasteiger partial charge in [-0.05, 0) is 44.9 Å². The Morgan fingerprint density at radius 1 is 0.929 bits per heavy atom. The van der Waals surface area contributed by atoms with Crippen molar-refractivity contribution in [3.05, 3.63) is 76.4 Å². The van der Waals surface area contributed by atoms with Crippen LogP contribution in [0.4, 0.5) is 0 Å². The Morgan fingerprint density at radius 2 is 1.57 bits per heavy atom. The highest BCUT2D eigenvalue weighted by Gasteiger charge is 2.16. The highest BCUT2D eigenvalue weighted by Crippen LogP contribution is 2.15. The summed E-state index contributed by atoms with van der Waals surface area (Å²) < 4.78 is 0. The molecule has 2 aromatic rings. The molecule has 0 saturated heterocycles. The monoisotopic (exact) mass is 377 g/mol. The van der Waals surface area contributed by atoms with Crippen LogP contribution in [0, 0.1) is 13.8 Å². The summed E-state index contributed by atoms with van der Waals surface area (Å²) in [6.07, 6.45) is 8.20. The van der Waals surface area contributed by atoms with Gasteiger partial charge in [0.2, 0.25) is 0 Å². The Bertz CT molecular complexity index is 756. The molecule has 0 aromatic heterocycles. The van der Waals surface area contributed by atoms with E-state index < -0.39 is 0 Å². The average molecular weight is 378 g/mol. The fourth-order valence-corrected chi connectivity index (χ4v) is 3.62. The zero-order valence-electron chi connectivity index (χ0n) is 18.0. The van der Waals surface area contributed by atoms with Crippen LogP contribution in [-0.2, 0) is 0 Å². The van der Waals surface area contributed by atoms with Crippen LogP contribution in [0.1, 0.15) is 73.0 Å². The molecule has 1 amide bonds. The lowest BCUT2D eigenvalue weighted by Gasteiger charge is -2.24. The van der Waals surface area contributed by atoms with E-state index in [-0.39, 0.29) is 5.91 Å². The summed E-state index contributed by atoms with van der Waals surface area (Å²) in [4.78, 5) is 15.3. The molecule has 2 nitrogen and oxygen atoms in total. The van der Waals surface area contributed by atoms with Gasteiger partial charge in [0.1, 0.15) is 0 Å². The predicted molar refractivity (Wildman–Crippen MR) is 121 cm³/mol. The number of hydrogen-bond donors (Lipinski definition) is 0. The standard InChI is InChI=1S/C26H35NO/c1-5-6-7-8-12-15-27(20-23(4)17-24-13-10-9-11-14-24)26(28)25-18-21(2)16-22(3)19-25/h9-11,13-14,16-19H,5-8,12,15,20H2,1-4H3/b23-17+. The summed E-state index contributed by atoms with van der Waals surface area (Å²) in [7, 11) is 0. The quantitative estimate of drug-likeness (QED) is 0.416. The minimum Gasteiger partial charge on any atom is -0.335 e. The van der Waals surface area contributed by atoms with Crippen molar-refractivity contribution in [1.29, 1.82) is 0 Å². The first-order valence-corrected chi connectivity index (χ1v) is 10.6. The summed E-state index contributed by atoms with van der Waals surface area (Å²) in [6, 6.07) is 16.5. The molecule has 0 saturated carbocycles. The van der Waals surface area contributed by atoms with Crippen LogP contribution in [-0.4, -0.2) is 23.9 Å². The molecule has 28 heavy (non-hydrogen) atoms. The molecular formula is C26H35NO. The Labute approximate surface area is 171 Å². The van der Waals surface area contributed by atoms with E-state index in [1.807, 2.05) is 35.2 Å². The first-order chi connectivity index (χ1) is 13.5. The van der Waals surface area contributed by atoms with Crippen LogP contribution in [0.25, 0.3) is 6.08 Å². The number of carbonyl (C=O) groups is 1. The Morgan fingerprint density at radius 3 is 2.21 bits per heavy atom. The third kappa shape index (κ3) is 7.34. The van der Waals surface area contributed by atoms with Crippen molar-refractivity contribution < 1.29 is 4.79 Å². The predicted octanol–water partition coefficient (Wildman–Crippen LogP) is 6.82. The third-order valence-electron chi connectivity index (χ3n) is 4.94. The molecular weight excluding hydrogens is 342 g/mol. The topological polar surface area (TPSA) is 20.3 Å². The first-order valence-electron chi connectivity index (χ1n) is 10.6. The molecule has 2 heteroatoms. The van der Waals surface area contributed by atoms with Crippen LogP contribution < -0.4 is 0 Å². The summed E-state index contributed by atoms with van der Waals surface area (Å²) in [6.45, 7) is 9.95. The Hall–Kier alpha value is -2.35.